The average molecular weight is 1130 g/mol. The third kappa shape index (κ3) is 18.8. The molecule has 0 spiro atoms. The van der Waals surface area contributed by atoms with E-state index in [2.05, 4.69) is 47.0 Å². The number of aliphatic carboxylic acids is 1. The zero-order chi connectivity index (χ0) is 58.3. The zero-order valence-electron chi connectivity index (χ0n) is 46.9. The summed E-state index contributed by atoms with van der Waals surface area (Å²) in [6.07, 6.45) is 11.6. The molecule has 6 heterocycles. The van der Waals surface area contributed by atoms with Crippen LogP contribution in [0.3, 0.4) is 0 Å². The minimum atomic E-state index is -1.10. The Bertz CT molecular complexity index is 3090. The number of aromatic nitrogens is 8. The maximum atomic E-state index is 13.4. The van der Waals surface area contributed by atoms with E-state index in [1.807, 2.05) is 51.8 Å². The number of fused-ring (bicyclic) bond motifs is 1. The van der Waals surface area contributed by atoms with E-state index in [0.29, 0.717) is 136 Å². The van der Waals surface area contributed by atoms with Crippen LogP contribution < -0.4 is 29.7 Å². The summed E-state index contributed by atoms with van der Waals surface area (Å²) in [4.78, 5) is 74.0. The molecule has 1 aromatic carbocycles. The lowest BCUT2D eigenvalue weighted by Gasteiger charge is -2.32. The van der Waals surface area contributed by atoms with Gasteiger partial charge >= 0.3 is 12.0 Å². The predicted molar refractivity (Wildman–Crippen MR) is 297 cm³/mol. The number of ketones is 1. The van der Waals surface area contributed by atoms with Crippen molar-refractivity contribution in [1.82, 2.24) is 50.5 Å². The van der Waals surface area contributed by atoms with Crippen molar-refractivity contribution in [3.63, 3.8) is 0 Å². The first-order chi connectivity index (χ1) is 39.6. The van der Waals surface area contributed by atoms with Crippen LogP contribution in [0.2, 0.25) is 0 Å². The molecule has 24 nitrogen and oxygen atoms in total. The SMILES string of the molecule is CC(C)(C)CC[C@H](NC(=O)COc1cccc(Oc2ccc(C(=O)NCCOCCOCCOCCOCc3cn(CCCCCOc4ncc(-c5ccc6c(n5)N(Cc5cccnc5C#N)C(C)(C)C6=O)cn4)nn3)cn2)c1)C(=O)O. The van der Waals surface area contributed by atoms with E-state index in [-0.39, 0.29) is 42.1 Å². The molecule has 434 valence electrons. The molecule has 1 aliphatic heterocycles. The predicted octanol–water partition coefficient (Wildman–Crippen LogP) is 6.59. The van der Waals surface area contributed by atoms with Crippen LogP contribution in [0, 0.1) is 16.7 Å². The van der Waals surface area contributed by atoms with Gasteiger partial charge in [0.1, 0.15) is 40.8 Å². The van der Waals surface area contributed by atoms with Crippen molar-refractivity contribution >= 4 is 29.4 Å². The highest BCUT2D eigenvalue weighted by Crippen LogP contribution is 2.40. The molecule has 1 atom stereocenters. The van der Waals surface area contributed by atoms with E-state index in [1.165, 1.54) is 6.20 Å². The summed E-state index contributed by atoms with van der Waals surface area (Å²) in [5, 5.41) is 32.8. The molecule has 0 radical (unpaired) electrons. The number of amides is 2. The van der Waals surface area contributed by atoms with Gasteiger partial charge in [-0.2, -0.15) is 5.26 Å². The number of hydrogen-bond acceptors (Lipinski definition) is 20. The first-order valence-corrected chi connectivity index (χ1v) is 27.1. The number of ether oxygens (including phenoxy) is 7. The fourth-order valence-corrected chi connectivity index (χ4v) is 8.29. The lowest BCUT2D eigenvalue weighted by atomic mass is 9.88. The van der Waals surface area contributed by atoms with Crippen LogP contribution >= 0.6 is 0 Å². The summed E-state index contributed by atoms with van der Waals surface area (Å²) in [5.41, 5.74) is 2.95. The molecule has 0 fully saturated rings. The third-order valence-corrected chi connectivity index (χ3v) is 12.8. The lowest BCUT2D eigenvalue weighted by molar-refractivity contribution is -0.142. The first kappa shape index (κ1) is 61.1. The van der Waals surface area contributed by atoms with E-state index in [1.54, 1.807) is 77.9 Å². The Labute approximate surface area is 475 Å². The molecule has 82 heavy (non-hydrogen) atoms. The molecular formula is C58H70N12O12. The number of carbonyl (C=O) groups excluding carboxylic acids is 3. The van der Waals surface area contributed by atoms with Gasteiger partial charge in [0.2, 0.25) is 5.88 Å². The van der Waals surface area contributed by atoms with Crippen LogP contribution in [0.15, 0.2) is 91.6 Å². The second kappa shape index (κ2) is 30.4. The fourth-order valence-electron chi connectivity index (χ4n) is 8.29. The van der Waals surface area contributed by atoms with Gasteiger partial charge in [-0.15, -0.1) is 5.10 Å². The summed E-state index contributed by atoms with van der Waals surface area (Å²) in [7, 11) is 0. The molecule has 24 heteroatoms. The second-order valence-electron chi connectivity index (χ2n) is 20.8. The van der Waals surface area contributed by atoms with Crippen LogP contribution in [0.1, 0.15) is 104 Å². The van der Waals surface area contributed by atoms with E-state index in [0.717, 1.165) is 25.0 Å². The number of aryl methyl sites for hydroxylation is 1. The molecule has 3 N–H and O–H groups in total. The molecule has 0 saturated heterocycles. The van der Waals surface area contributed by atoms with Gasteiger partial charge < -0.3 is 53.8 Å². The van der Waals surface area contributed by atoms with Gasteiger partial charge in [-0.05, 0) is 87.8 Å². The number of carboxylic acid groups (broad SMARTS) is 1. The van der Waals surface area contributed by atoms with Gasteiger partial charge in [-0.3, -0.25) is 19.1 Å². The Morgan fingerprint density at radius 1 is 0.817 bits per heavy atom. The quantitative estimate of drug-likeness (QED) is 0.0359. The number of nitriles is 1. The highest BCUT2D eigenvalue weighted by atomic mass is 16.6. The van der Waals surface area contributed by atoms with Crippen molar-refractivity contribution in [3.05, 3.63) is 120 Å². The molecule has 0 aliphatic carbocycles. The van der Waals surface area contributed by atoms with Crippen molar-refractivity contribution < 1.29 is 57.4 Å². The summed E-state index contributed by atoms with van der Waals surface area (Å²) in [6, 6.07) is 18.3. The second-order valence-corrected chi connectivity index (χ2v) is 20.8. The maximum absolute atomic E-state index is 13.4. The Balaban J connectivity index is 0.663. The number of rotatable bonds is 34. The average Bonchev–Trinajstić information content (AvgIpc) is 2.36. The van der Waals surface area contributed by atoms with E-state index in [4.69, 9.17) is 38.1 Å². The number of benzene rings is 1. The number of unbranched alkanes of at least 4 members (excludes halogenated alkanes) is 2. The number of anilines is 1. The van der Waals surface area contributed by atoms with E-state index >= 15 is 0 Å². The lowest BCUT2D eigenvalue weighted by Crippen LogP contribution is -2.44. The Kier molecular flexibility index (Phi) is 22.6. The van der Waals surface area contributed by atoms with Crippen molar-refractivity contribution in [1.29, 1.82) is 5.26 Å². The van der Waals surface area contributed by atoms with Crippen molar-refractivity contribution in [2.75, 3.05) is 70.9 Å². The number of nitrogens with one attached hydrogen (secondary N) is 2. The molecule has 0 saturated carbocycles. The molecular weight excluding hydrogens is 1060 g/mol. The van der Waals surface area contributed by atoms with E-state index in [9.17, 15) is 29.5 Å². The number of Topliss-reactive ketones (excluding diaryl/α,β-unsaturated/α-hetero) is 1. The van der Waals surface area contributed by atoms with Gasteiger partial charge in [0.25, 0.3) is 11.8 Å². The van der Waals surface area contributed by atoms with Crippen molar-refractivity contribution in [3.8, 4) is 40.7 Å². The standard InChI is InChI=1S/C58H70N12O12/c1-57(2,3)19-18-48(55(74)75)65-50(71)39-81-44-12-9-13-45(31-44)82-51-17-14-40(33-62-51)54(73)61-21-24-76-25-26-77-27-28-78-29-30-79-38-43-37-69(68-67-43)22-7-6-8-23-80-56-63-34-42(35-64-56)47-16-15-46-52(72)58(4,5)70(53(46)66-47)36-41-11-10-20-60-49(41)32-59/h9-17,20,31,33-35,37,48H,6-8,18-19,21-30,36,38-39H2,1-5H3,(H,61,73)(H,65,71)(H,74,75)/t48-/m0/s1. The monoisotopic (exact) mass is 1130 g/mol. The number of carboxylic acids is 1. The number of hydrogen-bond donors (Lipinski definition) is 3. The highest BCUT2D eigenvalue weighted by Gasteiger charge is 2.45. The van der Waals surface area contributed by atoms with Crippen LogP contribution in [-0.2, 0) is 48.2 Å². The van der Waals surface area contributed by atoms with Gasteiger partial charge in [-0.1, -0.05) is 38.1 Å². The van der Waals surface area contributed by atoms with Crippen LogP contribution in [-0.4, -0.2) is 146 Å². The smallest absolute Gasteiger partial charge is 0.326 e. The Hall–Kier alpha value is -8.50. The molecule has 5 aromatic heterocycles. The Morgan fingerprint density at radius 2 is 1.56 bits per heavy atom. The summed E-state index contributed by atoms with van der Waals surface area (Å²) in [5.74, 6) is -0.521. The minimum absolute atomic E-state index is 0.0451. The molecule has 7 rings (SSSR count). The van der Waals surface area contributed by atoms with Crippen LogP contribution in [0.25, 0.3) is 11.3 Å². The van der Waals surface area contributed by atoms with Crippen molar-refractivity contribution in [2.24, 2.45) is 5.41 Å². The highest BCUT2D eigenvalue weighted by molar-refractivity contribution is 6.13. The summed E-state index contributed by atoms with van der Waals surface area (Å²) >= 11 is 0. The largest absolute Gasteiger partial charge is 0.484 e. The van der Waals surface area contributed by atoms with Gasteiger partial charge in [0.05, 0.1) is 88.0 Å². The summed E-state index contributed by atoms with van der Waals surface area (Å²) in [6.45, 7) is 14.0. The van der Waals surface area contributed by atoms with Crippen molar-refractivity contribution in [2.45, 2.75) is 98.0 Å². The molecule has 0 bridgehead atoms. The molecule has 2 amide bonds. The molecule has 0 unspecified atom stereocenters. The molecule has 6 aromatic rings. The number of pyridine rings is 3. The molecule has 1 aliphatic rings. The van der Waals surface area contributed by atoms with Gasteiger partial charge in [0, 0.05) is 67.7 Å². The minimum Gasteiger partial charge on any atom is -0.484 e. The normalized spacial score (nSPS) is 13.0. The number of carbonyl (C=O) groups is 4. The van der Waals surface area contributed by atoms with Gasteiger partial charge in [-0.25, -0.2) is 29.7 Å². The Morgan fingerprint density at radius 3 is 2.28 bits per heavy atom. The van der Waals surface area contributed by atoms with E-state index < -0.39 is 23.5 Å². The fraction of sp³-hybridized carbons (Fsp3) is 0.448. The zero-order valence-corrected chi connectivity index (χ0v) is 46.9. The van der Waals surface area contributed by atoms with Crippen LogP contribution in [0.5, 0.6) is 23.4 Å². The maximum Gasteiger partial charge on any atom is 0.326 e. The first-order valence-electron chi connectivity index (χ1n) is 27.1. The van der Waals surface area contributed by atoms with Gasteiger partial charge in [0.15, 0.2) is 12.4 Å². The van der Waals surface area contributed by atoms with Crippen LogP contribution in [0.4, 0.5) is 5.82 Å². The third-order valence-electron chi connectivity index (χ3n) is 12.8. The topological polar surface area (TPSA) is 299 Å². The summed E-state index contributed by atoms with van der Waals surface area (Å²) < 4.78 is 41.4. The number of nitrogens with zero attached hydrogens (tertiary/aromatic N) is 10.